The van der Waals surface area contributed by atoms with E-state index >= 15 is 0 Å². The number of hydrogen-bond donors (Lipinski definition) is 1. The summed E-state index contributed by atoms with van der Waals surface area (Å²) in [4.78, 5) is 2.55. The Labute approximate surface area is 129 Å². The van der Waals surface area contributed by atoms with Crippen molar-refractivity contribution >= 4 is 5.69 Å². The Bertz CT molecular complexity index is 447. The molecule has 0 amide bonds. The molecule has 0 aliphatic carbocycles. The maximum absolute atomic E-state index is 5.63. The molecular weight excluding hydrogens is 260 g/mol. The first-order valence-electron chi connectivity index (χ1n) is 8.32. The van der Waals surface area contributed by atoms with E-state index in [1.807, 2.05) is 0 Å². The van der Waals surface area contributed by atoms with Crippen LogP contribution in [0.1, 0.15) is 51.6 Å². The number of benzene rings is 1. The lowest BCUT2D eigenvalue weighted by molar-refractivity contribution is 0.402. The van der Waals surface area contributed by atoms with Crippen molar-refractivity contribution in [1.29, 1.82) is 0 Å². The highest BCUT2D eigenvalue weighted by molar-refractivity contribution is 5.61. The second-order valence-corrected chi connectivity index (χ2v) is 6.20. The van der Waals surface area contributed by atoms with E-state index in [9.17, 15) is 0 Å². The maximum Gasteiger partial charge on any atom is 0.125 e. The van der Waals surface area contributed by atoms with Gasteiger partial charge in [-0.3, -0.25) is 0 Å². The van der Waals surface area contributed by atoms with Crippen LogP contribution in [0.4, 0.5) is 5.69 Å². The van der Waals surface area contributed by atoms with Gasteiger partial charge in [0.1, 0.15) is 5.75 Å². The summed E-state index contributed by atoms with van der Waals surface area (Å²) < 4.78 is 5.63. The summed E-state index contributed by atoms with van der Waals surface area (Å²) >= 11 is 0. The zero-order valence-corrected chi connectivity index (χ0v) is 14.0. The Morgan fingerprint density at radius 3 is 2.86 bits per heavy atom. The van der Waals surface area contributed by atoms with Gasteiger partial charge >= 0.3 is 0 Å². The summed E-state index contributed by atoms with van der Waals surface area (Å²) in [6.07, 6.45) is 3.91. The van der Waals surface area contributed by atoms with Crippen LogP contribution in [0.25, 0.3) is 0 Å². The van der Waals surface area contributed by atoms with Crippen molar-refractivity contribution in [1.82, 2.24) is 5.32 Å². The van der Waals surface area contributed by atoms with E-state index in [4.69, 9.17) is 4.74 Å². The molecule has 21 heavy (non-hydrogen) atoms. The highest BCUT2D eigenvalue weighted by Gasteiger charge is 2.21. The first-order valence-corrected chi connectivity index (χ1v) is 8.32. The Morgan fingerprint density at radius 1 is 1.33 bits per heavy atom. The number of nitrogens with one attached hydrogen (secondary N) is 1. The minimum atomic E-state index is 0.307. The molecule has 2 rings (SSSR count). The molecule has 0 spiro atoms. The van der Waals surface area contributed by atoms with Crippen molar-refractivity contribution in [2.45, 2.75) is 46.1 Å². The third-order valence-electron chi connectivity index (χ3n) is 4.56. The van der Waals surface area contributed by atoms with Crippen LogP contribution in [0.5, 0.6) is 5.75 Å². The molecule has 1 heterocycles. The smallest absolute Gasteiger partial charge is 0.125 e. The van der Waals surface area contributed by atoms with E-state index in [-0.39, 0.29) is 0 Å². The minimum absolute atomic E-state index is 0.307. The third kappa shape index (κ3) is 3.91. The molecule has 1 aromatic rings. The summed E-state index contributed by atoms with van der Waals surface area (Å²) in [5.41, 5.74) is 2.65. The molecule has 0 aromatic heterocycles. The number of hydrogen-bond acceptors (Lipinski definition) is 3. The Balaban J connectivity index is 2.32. The molecule has 3 heteroatoms. The highest BCUT2D eigenvalue weighted by atomic mass is 16.5. The fourth-order valence-corrected chi connectivity index (χ4v) is 3.33. The van der Waals surface area contributed by atoms with Crippen molar-refractivity contribution in [3.63, 3.8) is 0 Å². The van der Waals surface area contributed by atoms with Gasteiger partial charge in [-0.1, -0.05) is 19.9 Å². The summed E-state index contributed by atoms with van der Waals surface area (Å²) in [5.74, 6) is 1.84. The van der Waals surface area contributed by atoms with Gasteiger partial charge in [-0.15, -0.1) is 0 Å². The molecule has 2 atom stereocenters. The van der Waals surface area contributed by atoms with Crippen LogP contribution in [0.15, 0.2) is 18.2 Å². The van der Waals surface area contributed by atoms with Gasteiger partial charge in [-0.05, 0) is 50.8 Å². The average Bonchev–Trinajstić information content (AvgIpc) is 2.71. The number of ether oxygens (including phenoxy) is 1. The fourth-order valence-electron chi connectivity index (χ4n) is 3.33. The van der Waals surface area contributed by atoms with E-state index in [2.05, 4.69) is 49.2 Å². The molecule has 1 aliphatic heterocycles. The van der Waals surface area contributed by atoms with Gasteiger partial charge in [0, 0.05) is 30.4 Å². The van der Waals surface area contributed by atoms with E-state index in [1.54, 1.807) is 7.11 Å². The largest absolute Gasteiger partial charge is 0.496 e. The van der Waals surface area contributed by atoms with Crippen molar-refractivity contribution in [2.24, 2.45) is 5.92 Å². The van der Waals surface area contributed by atoms with Gasteiger partial charge in [-0.2, -0.15) is 0 Å². The van der Waals surface area contributed by atoms with Crippen LogP contribution in [-0.2, 0) is 0 Å². The van der Waals surface area contributed by atoms with Crippen molar-refractivity contribution in [2.75, 3.05) is 31.6 Å². The summed E-state index contributed by atoms with van der Waals surface area (Å²) in [6.45, 7) is 10.0. The fraction of sp³-hybridized carbons (Fsp3) is 0.667. The monoisotopic (exact) mass is 290 g/mol. The molecule has 3 nitrogen and oxygen atoms in total. The maximum atomic E-state index is 5.63. The van der Waals surface area contributed by atoms with Crippen LogP contribution in [0.2, 0.25) is 0 Å². The van der Waals surface area contributed by atoms with Crippen molar-refractivity contribution < 1.29 is 4.74 Å². The van der Waals surface area contributed by atoms with Gasteiger partial charge in [0.25, 0.3) is 0 Å². The van der Waals surface area contributed by atoms with Gasteiger partial charge in [0.2, 0.25) is 0 Å². The molecule has 0 radical (unpaired) electrons. The molecule has 0 saturated carbocycles. The summed E-state index contributed by atoms with van der Waals surface area (Å²) in [5, 5.41) is 3.53. The zero-order chi connectivity index (χ0) is 15.2. The number of methoxy groups -OCH3 is 1. The molecule has 1 fully saturated rings. The molecule has 1 aromatic carbocycles. The lowest BCUT2D eigenvalue weighted by Gasteiger charge is -2.29. The van der Waals surface area contributed by atoms with Crippen LogP contribution in [0, 0.1) is 5.92 Å². The van der Waals surface area contributed by atoms with Crippen LogP contribution < -0.4 is 15.0 Å². The van der Waals surface area contributed by atoms with Crippen LogP contribution >= 0.6 is 0 Å². The van der Waals surface area contributed by atoms with E-state index in [0.29, 0.717) is 6.04 Å². The first kappa shape index (κ1) is 16.2. The van der Waals surface area contributed by atoms with E-state index < -0.39 is 0 Å². The van der Waals surface area contributed by atoms with E-state index in [0.717, 1.165) is 31.3 Å². The Morgan fingerprint density at radius 2 is 2.14 bits per heavy atom. The quantitative estimate of drug-likeness (QED) is 0.887. The first-order chi connectivity index (χ1) is 10.2. The van der Waals surface area contributed by atoms with Gasteiger partial charge in [-0.25, -0.2) is 0 Å². The molecule has 2 unspecified atom stereocenters. The number of rotatable bonds is 5. The second-order valence-electron chi connectivity index (χ2n) is 6.20. The molecule has 0 bridgehead atoms. The lowest BCUT2D eigenvalue weighted by Crippen LogP contribution is -2.28. The van der Waals surface area contributed by atoms with Crippen LogP contribution in [-0.4, -0.2) is 26.7 Å². The van der Waals surface area contributed by atoms with Crippen molar-refractivity contribution in [3.05, 3.63) is 23.8 Å². The molecule has 1 N–H and O–H groups in total. The minimum Gasteiger partial charge on any atom is -0.496 e. The highest BCUT2D eigenvalue weighted by Crippen LogP contribution is 2.36. The lowest BCUT2D eigenvalue weighted by atomic mass is 10.0. The predicted octanol–water partition coefficient (Wildman–Crippen LogP) is 3.99. The summed E-state index contributed by atoms with van der Waals surface area (Å²) in [7, 11) is 1.77. The Hall–Kier alpha value is -1.22. The molecular formula is C18H30N2O. The summed E-state index contributed by atoms with van der Waals surface area (Å²) in [6, 6.07) is 6.75. The number of nitrogens with zero attached hydrogens (tertiary/aromatic N) is 1. The van der Waals surface area contributed by atoms with Crippen LogP contribution in [0.3, 0.4) is 0 Å². The predicted molar refractivity (Wildman–Crippen MR) is 90.3 cm³/mol. The molecule has 1 aliphatic rings. The molecule has 118 valence electrons. The van der Waals surface area contributed by atoms with Gasteiger partial charge in [0.05, 0.1) is 7.11 Å². The standard InChI is InChI=1S/C18H30N2O/c1-5-19-15(3)18-16(9-6-10-17(18)21-4)20-12-7-8-14(2)11-13-20/h6,9-10,14-15,19H,5,7-8,11-13H2,1-4H3. The SMILES string of the molecule is CCNC(C)c1c(OC)cccc1N1CCCC(C)CC1. The topological polar surface area (TPSA) is 24.5 Å². The number of anilines is 1. The average molecular weight is 290 g/mol. The molecule has 1 saturated heterocycles. The third-order valence-corrected chi connectivity index (χ3v) is 4.56. The van der Waals surface area contributed by atoms with Crippen molar-refractivity contribution in [3.8, 4) is 5.75 Å². The van der Waals surface area contributed by atoms with Gasteiger partial charge in [0.15, 0.2) is 0 Å². The van der Waals surface area contributed by atoms with E-state index in [1.165, 1.54) is 30.5 Å². The zero-order valence-electron chi connectivity index (χ0n) is 14.0. The normalized spacial score (nSPS) is 21.0. The second kappa shape index (κ2) is 7.69. The Kier molecular flexibility index (Phi) is 5.92. The van der Waals surface area contributed by atoms with Gasteiger partial charge < -0.3 is 15.0 Å².